The minimum atomic E-state index is -0.0461. The van der Waals surface area contributed by atoms with Gasteiger partial charge in [-0.1, -0.05) is 97.1 Å². The molecule has 0 N–H and O–H groups in total. The summed E-state index contributed by atoms with van der Waals surface area (Å²) in [6.45, 7) is 2.10. The van der Waals surface area contributed by atoms with Crippen LogP contribution in [0, 0.1) is 6.92 Å². The van der Waals surface area contributed by atoms with E-state index in [1.807, 2.05) is 12.1 Å². The number of aryl methyl sites for hydroxylation is 1. The van der Waals surface area contributed by atoms with Gasteiger partial charge in [0, 0.05) is 51.0 Å². The van der Waals surface area contributed by atoms with Gasteiger partial charge in [-0.3, -0.25) is 0 Å². The molecule has 0 spiro atoms. The first-order valence-electron chi connectivity index (χ1n) is 17.8. The molecule has 0 atom stereocenters. The van der Waals surface area contributed by atoms with Crippen molar-refractivity contribution in [2.75, 3.05) is 9.80 Å². The van der Waals surface area contributed by atoms with Crippen LogP contribution in [0.4, 0.5) is 34.1 Å². The van der Waals surface area contributed by atoms with Gasteiger partial charge in [0.15, 0.2) is 11.3 Å². The molecule has 0 saturated heterocycles. The van der Waals surface area contributed by atoms with Crippen LogP contribution in [0.25, 0.3) is 32.7 Å². The second-order valence-corrected chi connectivity index (χ2v) is 13.8. The number of hydrogen-bond acceptors (Lipinski definition) is 4. The highest BCUT2D eigenvalue weighted by molar-refractivity contribution is 7.00. The first kappa shape index (κ1) is 29.1. The minimum Gasteiger partial charge on any atom is -0.454 e. The van der Waals surface area contributed by atoms with Gasteiger partial charge in [0.25, 0.3) is 6.71 Å². The van der Waals surface area contributed by atoms with Gasteiger partial charge < -0.3 is 19.0 Å². The second kappa shape index (κ2) is 11.1. The number of benzene rings is 8. The second-order valence-electron chi connectivity index (χ2n) is 13.8. The standard InChI is InChI=1S/C47H31BN2O2/c1-30-27-41-45-43(28-30)52-47-39(48(45)44-36-20-12-11-13-31(36)21-26-40(44)50(41)34-18-9-4-10-19-34)25-24-38-37-23-22-35(29-42(37)51-46(38)47)49(32-14-5-2-6-15-32)33-16-7-3-8-17-33/h2-29H,1H3. The van der Waals surface area contributed by atoms with Crippen LogP contribution < -0.4 is 30.9 Å². The monoisotopic (exact) mass is 666 g/mol. The van der Waals surface area contributed by atoms with E-state index in [-0.39, 0.29) is 6.71 Å². The number of anilines is 6. The van der Waals surface area contributed by atoms with Crippen LogP contribution >= 0.6 is 0 Å². The Morgan fingerprint density at radius 1 is 0.538 bits per heavy atom. The number of hydrogen-bond donors (Lipinski definition) is 0. The summed E-state index contributed by atoms with van der Waals surface area (Å²) >= 11 is 0. The Labute approximate surface area is 301 Å². The fourth-order valence-electron chi connectivity index (χ4n) is 8.53. The van der Waals surface area contributed by atoms with Crippen LogP contribution in [-0.2, 0) is 0 Å². The molecule has 0 unspecified atom stereocenters. The smallest absolute Gasteiger partial charge is 0.257 e. The van der Waals surface area contributed by atoms with E-state index in [4.69, 9.17) is 9.15 Å². The largest absolute Gasteiger partial charge is 0.454 e. The van der Waals surface area contributed by atoms with Gasteiger partial charge in [-0.25, -0.2) is 0 Å². The van der Waals surface area contributed by atoms with Crippen molar-refractivity contribution in [3.05, 3.63) is 175 Å². The molecule has 2 aliphatic rings. The van der Waals surface area contributed by atoms with Gasteiger partial charge in [0.05, 0.1) is 0 Å². The summed E-state index contributed by atoms with van der Waals surface area (Å²) in [5, 5.41) is 4.57. The highest BCUT2D eigenvalue weighted by Gasteiger charge is 2.44. The maximum Gasteiger partial charge on any atom is 0.257 e. The molecule has 0 aliphatic carbocycles. The summed E-state index contributed by atoms with van der Waals surface area (Å²) in [5.41, 5.74) is 13.0. The van der Waals surface area contributed by atoms with Crippen LogP contribution in [0.5, 0.6) is 11.5 Å². The van der Waals surface area contributed by atoms with Crippen molar-refractivity contribution in [2.24, 2.45) is 0 Å². The predicted molar refractivity (Wildman–Crippen MR) is 217 cm³/mol. The van der Waals surface area contributed by atoms with Crippen molar-refractivity contribution in [2.45, 2.75) is 6.92 Å². The molecule has 0 bridgehead atoms. The molecule has 0 amide bonds. The fourth-order valence-corrected chi connectivity index (χ4v) is 8.53. The maximum atomic E-state index is 7.04. The van der Waals surface area contributed by atoms with E-state index < -0.39 is 0 Å². The Balaban J connectivity index is 1.15. The van der Waals surface area contributed by atoms with E-state index in [2.05, 4.69) is 174 Å². The van der Waals surface area contributed by atoms with Crippen LogP contribution in [0.2, 0.25) is 0 Å². The Morgan fingerprint density at radius 2 is 1.23 bits per heavy atom. The third-order valence-corrected chi connectivity index (χ3v) is 10.7. The topological polar surface area (TPSA) is 28.9 Å². The zero-order valence-electron chi connectivity index (χ0n) is 28.5. The molecule has 52 heavy (non-hydrogen) atoms. The lowest BCUT2D eigenvalue weighted by Gasteiger charge is -2.40. The number of nitrogens with zero attached hydrogens (tertiary/aromatic N) is 2. The van der Waals surface area contributed by atoms with Gasteiger partial charge in [0.1, 0.15) is 11.3 Å². The molecule has 11 rings (SSSR count). The molecule has 0 radical (unpaired) electrons. The van der Waals surface area contributed by atoms with E-state index in [1.54, 1.807) is 0 Å². The number of fused-ring (bicyclic) bond motifs is 10. The average molecular weight is 667 g/mol. The molecular weight excluding hydrogens is 635 g/mol. The minimum absolute atomic E-state index is 0.0461. The first-order chi connectivity index (χ1) is 25.7. The zero-order valence-corrected chi connectivity index (χ0v) is 28.5. The molecular formula is C47H31BN2O2. The number of para-hydroxylation sites is 3. The van der Waals surface area contributed by atoms with E-state index >= 15 is 0 Å². The molecule has 0 fully saturated rings. The lowest BCUT2D eigenvalue weighted by molar-refractivity contribution is 0.480. The van der Waals surface area contributed by atoms with Gasteiger partial charge in [-0.05, 0) is 106 Å². The predicted octanol–water partition coefficient (Wildman–Crippen LogP) is 10.9. The Bertz CT molecular complexity index is 2810. The summed E-state index contributed by atoms with van der Waals surface area (Å²) < 4.78 is 13.9. The lowest BCUT2D eigenvalue weighted by Crippen LogP contribution is -2.59. The quantitative estimate of drug-likeness (QED) is 0.175. The molecule has 8 aromatic carbocycles. The van der Waals surface area contributed by atoms with Gasteiger partial charge in [-0.2, -0.15) is 0 Å². The highest BCUT2D eigenvalue weighted by Crippen LogP contribution is 2.45. The average Bonchev–Trinajstić information content (AvgIpc) is 3.57. The molecule has 9 aromatic rings. The maximum absolute atomic E-state index is 7.04. The van der Waals surface area contributed by atoms with E-state index in [9.17, 15) is 0 Å². The lowest BCUT2D eigenvalue weighted by atomic mass is 9.33. The van der Waals surface area contributed by atoms with Gasteiger partial charge in [-0.15, -0.1) is 0 Å². The van der Waals surface area contributed by atoms with E-state index in [0.717, 1.165) is 72.9 Å². The van der Waals surface area contributed by atoms with Crippen LogP contribution in [-0.4, -0.2) is 6.71 Å². The van der Waals surface area contributed by atoms with Gasteiger partial charge in [0.2, 0.25) is 0 Å². The molecule has 4 nitrogen and oxygen atoms in total. The third-order valence-electron chi connectivity index (χ3n) is 10.7. The summed E-state index contributed by atoms with van der Waals surface area (Å²) in [6, 6.07) is 60.4. The molecule has 3 heterocycles. The van der Waals surface area contributed by atoms with Crippen molar-refractivity contribution in [1.82, 2.24) is 0 Å². The highest BCUT2D eigenvalue weighted by atomic mass is 16.5. The number of furan rings is 1. The van der Waals surface area contributed by atoms with Crippen LogP contribution in [0.3, 0.4) is 0 Å². The van der Waals surface area contributed by atoms with Crippen molar-refractivity contribution < 1.29 is 9.15 Å². The number of ether oxygens (including phenoxy) is 1. The Kier molecular flexibility index (Phi) is 6.23. The van der Waals surface area contributed by atoms with Crippen LogP contribution in [0.1, 0.15) is 5.56 Å². The summed E-state index contributed by atoms with van der Waals surface area (Å²) in [6.07, 6.45) is 0. The fraction of sp³-hybridized carbons (Fsp3) is 0.0213. The van der Waals surface area contributed by atoms with Crippen molar-refractivity contribution in [3.63, 3.8) is 0 Å². The summed E-state index contributed by atoms with van der Waals surface area (Å²) in [7, 11) is 0. The Hall–Kier alpha value is -6.72. The normalized spacial score (nSPS) is 12.8. The zero-order chi connectivity index (χ0) is 34.3. The summed E-state index contributed by atoms with van der Waals surface area (Å²) in [5.74, 6) is 1.67. The SMILES string of the molecule is Cc1cc2c3c(c1)N(c1ccccc1)c1ccc4ccccc4c1B3c1ccc3c(oc4cc(N(c5ccccc5)c5ccccc5)ccc43)c1O2. The van der Waals surface area contributed by atoms with Crippen molar-refractivity contribution in [1.29, 1.82) is 0 Å². The third kappa shape index (κ3) is 4.23. The van der Waals surface area contributed by atoms with E-state index in [1.165, 1.54) is 27.4 Å². The van der Waals surface area contributed by atoms with E-state index in [0.29, 0.717) is 0 Å². The first-order valence-corrected chi connectivity index (χ1v) is 17.8. The molecule has 244 valence electrons. The van der Waals surface area contributed by atoms with Crippen molar-refractivity contribution >= 4 is 89.9 Å². The molecule has 1 aromatic heterocycles. The molecule has 2 aliphatic heterocycles. The van der Waals surface area contributed by atoms with Crippen molar-refractivity contribution in [3.8, 4) is 11.5 Å². The van der Waals surface area contributed by atoms with Crippen LogP contribution in [0.15, 0.2) is 174 Å². The number of rotatable bonds is 4. The summed E-state index contributed by atoms with van der Waals surface area (Å²) in [4.78, 5) is 4.67. The molecule has 0 saturated carbocycles. The Morgan fingerprint density at radius 3 is 2.00 bits per heavy atom. The van der Waals surface area contributed by atoms with Gasteiger partial charge >= 0.3 is 0 Å². The molecule has 5 heteroatoms.